The van der Waals surface area contributed by atoms with Crippen molar-refractivity contribution in [1.82, 2.24) is 4.90 Å². The second-order valence-corrected chi connectivity index (χ2v) is 5.87. The number of carbonyl (C=O) groups excluding carboxylic acids is 2. The van der Waals surface area contributed by atoms with Crippen LogP contribution in [0.1, 0.15) is 20.7 Å². The Kier molecular flexibility index (Phi) is 3.37. The van der Waals surface area contributed by atoms with Crippen LogP contribution >= 0.6 is 0 Å². The van der Waals surface area contributed by atoms with Gasteiger partial charge in [0.2, 0.25) is 0 Å². The summed E-state index contributed by atoms with van der Waals surface area (Å²) in [5.74, 6) is 0.298. The molecule has 2 N–H and O–H groups in total. The summed E-state index contributed by atoms with van der Waals surface area (Å²) in [6.45, 7) is 2.17. The first-order chi connectivity index (χ1) is 11.6. The number of rotatable bonds is 3. The van der Waals surface area contributed by atoms with Crippen molar-refractivity contribution in [2.75, 3.05) is 36.9 Å². The van der Waals surface area contributed by atoms with Gasteiger partial charge in [0.15, 0.2) is 0 Å². The van der Waals surface area contributed by atoms with Crippen LogP contribution in [0, 0.1) is 0 Å². The molecule has 0 unspecified atom stereocenters. The molecule has 2 heterocycles. The lowest BCUT2D eigenvalue weighted by Gasteiger charge is -2.32. The van der Waals surface area contributed by atoms with Crippen molar-refractivity contribution in [2.24, 2.45) is 0 Å². The van der Waals surface area contributed by atoms with Gasteiger partial charge in [-0.25, -0.2) is 0 Å². The smallest absolute Gasteiger partial charge is 0.261 e. The van der Waals surface area contributed by atoms with Gasteiger partial charge in [-0.2, -0.15) is 0 Å². The summed E-state index contributed by atoms with van der Waals surface area (Å²) in [4.78, 5) is 28.3. The zero-order valence-electron chi connectivity index (χ0n) is 13.1. The Morgan fingerprint density at radius 3 is 2.42 bits per heavy atom. The van der Waals surface area contributed by atoms with E-state index in [-0.39, 0.29) is 11.8 Å². The Morgan fingerprint density at radius 1 is 1.00 bits per heavy atom. The molecule has 0 bridgehead atoms. The molecule has 0 spiro atoms. The van der Waals surface area contributed by atoms with E-state index in [1.165, 1.54) is 4.90 Å². The van der Waals surface area contributed by atoms with Crippen LogP contribution in [-0.4, -0.2) is 43.0 Å². The summed E-state index contributed by atoms with van der Waals surface area (Å²) < 4.78 is 5.63. The van der Waals surface area contributed by atoms with Gasteiger partial charge in [-0.1, -0.05) is 12.1 Å². The molecule has 4 rings (SSSR count). The highest BCUT2D eigenvalue weighted by Crippen LogP contribution is 2.33. The SMILES string of the molecule is Nc1ccc2c(c1)OCCN2CCN1C(=O)c2ccccc2C1=O. The number of hydrogen-bond acceptors (Lipinski definition) is 5. The highest BCUT2D eigenvalue weighted by atomic mass is 16.5. The number of benzene rings is 2. The van der Waals surface area contributed by atoms with Crippen LogP contribution in [0.2, 0.25) is 0 Å². The average molecular weight is 323 g/mol. The third kappa shape index (κ3) is 2.27. The monoisotopic (exact) mass is 323 g/mol. The first-order valence-electron chi connectivity index (χ1n) is 7.87. The van der Waals surface area contributed by atoms with Crippen molar-refractivity contribution in [2.45, 2.75) is 0 Å². The summed E-state index contributed by atoms with van der Waals surface area (Å²) in [7, 11) is 0. The topological polar surface area (TPSA) is 75.9 Å². The molecule has 0 saturated carbocycles. The minimum absolute atomic E-state index is 0.221. The second-order valence-electron chi connectivity index (χ2n) is 5.87. The predicted molar refractivity (Wildman–Crippen MR) is 90.4 cm³/mol. The standard InChI is InChI=1S/C18H17N3O3/c19-12-5-6-15-16(11-12)24-10-9-20(15)7-8-21-17(22)13-3-1-2-4-14(13)18(21)23/h1-6,11H,7-10,19H2. The minimum Gasteiger partial charge on any atom is -0.489 e. The van der Waals surface area contributed by atoms with Crippen LogP contribution in [0.15, 0.2) is 42.5 Å². The fourth-order valence-electron chi connectivity index (χ4n) is 3.19. The fourth-order valence-corrected chi connectivity index (χ4v) is 3.19. The second kappa shape index (κ2) is 5.56. The van der Waals surface area contributed by atoms with Crippen molar-refractivity contribution in [3.63, 3.8) is 0 Å². The van der Waals surface area contributed by atoms with E-state index in [0.29, 0.717) is 43.1 Å². The van der Waals surface area contributed by atoms with E-state index in [2.05, 4.69) is 4.90 Å². The van der Waals surface area contributed by atoms with Crippen molar-refractivity contribution < 1.29 is 14.3 Å². The number of nitrogen functional groups attached to an aromatic ring is 1. The molecule has 2 aromatic rings. The Labute approximate surface area is 139 Å². The normalized spacial score (nSPS) is 16.0. The number of amides is 2. The molecule has 0 aliphatic carbocycles. The van der Waals surface area contributed by atoms with E-state index in [9.17, 15) is 9.59 Å². The molecule has 122 valence electrons. The van der Waals surface area contributed by atoms with Crippen molar-refractivity contribution in [3.05, 3.63) is 53.6 Å². The molecule has 2 aromatic carbocycles. The average Bonchev–Trinajstić information content (AvgIpc) is 2.84. The van der Waals surface area contributed by atoms with Crippen LogP contribution < -0.4 is 15.4 Å². The molecule has 6 nitrogen and oxygen atoms in total. The molecule has 0 fully saturated rings. The number of hydrogen-bond donors (Lipinski definition) is 1. The van der Waals surface area contributed by atoms with E-state index in [1.54, 1.807) is 30.3 Å². The summed E-state index contributed by atoms with van der Waals surface area (Å²) in [5, 5.41) is 0. The summed E-state index contributed by atoms with van der Waals surface area (Å²) >= 11 is 0. The lowest BCUT2D eigenvalue weighted by Crippen LogP contribution is -2.41. The fraction of sp³-hybridized carbons (Fsp3) is 0.222. The largest absolute Gasteiger partial charge is 0.489 e. The first kappa shape index (κ1) is 14.6. The van der Waals surface area contributed by atoms with Crippen molar-refractivity contribution in [1.29, 1.82) is 0 Å². The highest BCUT2D eigenvalue weighted by molar-refractivity contribution is 6.21. The van der Waals surface area contributed by atoms with Crippen LogP contribution in [0.3, 0.4) is 0 Å². The van der Waals surface area contributed by atoms with Crippen LogP contribution in [0.25, 0.3) is 0 Å². The minimum atomic E-state index is -0.221. The van der Waals surface area contributed by atoms with Gasteiger partial charge in [0.05, 0.1) is 23.4 Å². The van der Waals surface area contributed by atoms with Gasteiger partial charge in [-0.15, -0.1) is 0 Å². The molecule has 0 aromatic heterocycles. The first-order valence-corrected chi connectivity index (χ1v) is 7.87. The molecule has 0 radical (unpaired) electrons. The Bertz CT molecular complexity index is 799. The van der Waals surface area contributed by atoms with Crippen LogP contribution in [-0.2, 0) is 0 Å². The van der Waals surface area contributed by atoms with E-state index in [0.717, 1.165) is 11.4 Å². The van der Waals surface area contributed by atoms with Crippen LogP contribution in [0.5, 0.6) is 5.75 Å². The molecule has 0 saturated heterocycles. The third-order valence-corrected chi connectivity index (χ3v) is 4.42. The molecule has 0 atom stereocenters. The predicted octanol–water partition coefficient (Wildman–Crippen LogP) is 1.76. The summed E-state index contributed by atoms with van der Waals surface area (Å²) in [6, 6.07) is 12.5. The number of imide groups is 1. The molecule has 24 heavy (non-hydrogen) atoms. The van der Waals surface area contributed by atoms with Gasteiger partial charge in [-0.05, 0) is 24.3 Å². The van der Waals surface area contributed by atoms with E-state index >= 15 is 0 Å². The van der Waals surface area contributed by atoms with Gasteiger partial charge in [0, 0.05) is 24.8 Å². The number of nitrogens with two attached hydrogens (primary N) is 1. The quantitative estimate of drug-likeness (QED) is 0.688. The van der Waals surface area contributed by atoms with Gasteiger partial charge in [0.1, 0.15) is 12.4 Å². The molecular formula is C18H17N3O3. The summed E-state index contributed by atoms with van der Waals surface area (Å²) in [6.07, 6.45) is 0. The summed E-state index contributed by atoms with van der Waals surface area (Å²) in [5.41, 5.74) is 8.34. The van der Waals surface area contributed by atoms with Gasteiger partial charge in [-0.3, -0.25) is 14.5 Å². The lowest BCUT2D eigenvalue weighted by atomic mass is 10.1. The maximum absolute atomic E-state index is 12.4. The number of nitrogens with zero attached hydrogens (tertiary/aromatic N) is 2. The highest BCUT2D eigenvalue weighted by Gasteiger charge is 2.35. The van der Waals surface area contributed by atoms with Gasteiger partial charge < -0.3 is 15.4 Å². The lowest BCUT2D eigenvalue weighted by molar-refractivity contribution is 0.0658. The zero-order chi connectivity index (χ0) is 16.7. The number of ether oxygens (including phenoxy) is 1. The van der Waals surface area contributed by atoms with Crippen molar-refractivity contribution >= 4 is 23.2 Å². The molecule has 2 aliphatic rings. The van der Waals surface area contributed by atoms with Crippen molar-refractivity contribution in [3.8, 4) is 5.75 Å². The maximum Gasteiger partial charge on any atom is 0.261 e. The van der Waals surface area contributed by atoms with E-state index < -0.39 is 0 Å². The molecule has 2 aliphatic heterocycles. The van der Waals surface area contributed by atoms with Crippen LogP contribution in [0.4, 0.5) is 11.4 Å². The number of carbonyl (C=O) groups is 2. The third-order valence-electron chi connectivity index (χ3n) is 4.42. The molecular weight excluding hydrogens is 306 g/mol. The Balaban J connectivity index is 1.51. The Morgan fingerprint density at radius 2 is 1.71 bits per heavy atom. The zero-order valence-corrected chi connectivity index (χ0v) is 13.1. The van der Waals surface area contributed by atoms with E-state index in [4.69, 9.17) is 10.5 Å². The molecule has 2 amide bonds. The van der Waals surface area contributed by atoms with E-state index in [1.807, 2.05) is 12.1 Å². The number of fused-ring (bicyclic) bond motifs is 2. The Hall–Kier alpha value is -3.02. The maximum atomic E-state index is 12.4. The number of anilines is 2. The van der Waals surface area contributed by atoms with Gasteiger partial charge >= 0.3 is 0 Å². The van der Waals surface area contributed by atoms with Gasteiger partial charge in [0.25, 0.3) is 11.8 Å². The molecule has 6 heteroatoms.